The molecule has 31 heavy (non-hydrogen) atoms. The molecule has 0 spiro atoms. The molecule has 0 unspecified atom stereocenters. The summed E-state index contributed by atoms with van der Waals surface area (Å²) in [4.78, 5) is 26.9. The minimum absolute atomic E-state index is 0.0175. The largest absolute Gasteiger partial charge is 0.494 e. The molecule has 1 aliphatic heterocycles. The summed E-state index contributed by atoms with van der Waals surface area (Å²) in [6.45, 7) is 3.20. The van der Waals surface area contributed by atoms with Crippen molar-refractivity contribution >= 4 is 23.2 Å². The number of nitrogens with zero attached hydrogens (tertiary/aromatic N) is 1. The number of aryl methyl sites for hydroxylation is 1. The lowest BCUT2D eigenvalue weighted by atomic mass is 10.1. The molecule has 0 aliphatic carbocycles. The minimum Gasteiger partial charge on any atom is -0.494 e. The van der Waals surface area contributed by atoms with Crippen LogP contribution < -0.4 is 15.0 Å². The molecule has 0 bridgehead atoms. The second kappa shape index (κ2) is 9.47. The van der Waals surface area contributed by atoms with Gasteiger partial charge in [0.25, 0.3) is 5.91 Å². The molecule has 3 aromatic rings. The number of nitrogens with one attached hydrogen (secondary N) is 1. The third-order valence-electron chi connectivity index (χ3n) is 5.35. The van der Waals surface area contributed by atoms with Crippen LogP contribution in [0, 0.1) is 6.92 Å². The average Bonchev–Trinajstić information content (AvgIpc) is 3.21. The second-order valence-electron chi connectivity index (χ2n) is 7.73. The number of ether oxygens (including phenoxy) is 1. The van der Waals surface area contributed by atoms with Crippen molar-refractivity contribution in [2.45, 2.75) is 26.2 Å². The summed E-state index contributed by atoms with van der Waals surface area (Å²) in [7, 11) is 0. The third kappa shape index (κ3) is 5.12. The summed E-state index contributed by atoms with van der Waals surface area (Å²) in [5, 5.41) is 2.88. The Hall–Kier alpha value is -3.60. The number of benzene rings is 3. The van der Waals surface area contributed by atoms with Crippen molar-refractivity contribution in [1.29, 1.82) is 0 Å². The van der Waals surface area contributed by atoms with E-state index in [1.807, 2.05) is 54.3 Å². The Bertz CT molecular complexity index is 1080. The van der Waals surface area contributed by atoms with Gasteiger partial charge in [-0.05, 0) is 73.4 Å². The Balaban J connectivity index is 1.25. The van der Waals surface area contributed by atoms with E-state index in [9.17, 15) is 9.59 Å². The van der Waals surface area contributed by atoms with Crippen molar-refractivity contribution in [3.05, 3.63) is 89.5 Å². The molecule has 0 saturated carbocycles. The fourth-order valence-electron chi connectivity index (χ4n) is 3.75. The van der Waals surface area contributed by atoms with E-state index < -0.39 is 0 Å². The van der Waals surface area contributed by atoms with E-state index in [1.165, 1.54) is 5.56 Å². The Labute approximate surface area is 182 Å². The first-order valence-electron chi connectivity index (χ1n) is 10.6. The van der Waals surface area contributed by atoms with Crippen LogP contribution in [0.4, 0.5) is 11.4 Å². The van der Waals surface area contributed by atoms with Crippen LogP contribution in [0.3, 0.4) is 0 Å². The van der Waals surface area contributed by atoms with E-state index in [-0.39, 0.29) is 11.8 Å². The van der Waals surface area contributed by atoms with Crippen LogP contribution in [0.2, 0.25) is 0 Å². The van der Waals surface area contributed by atoms with E-state index in [4.69, 9.17) is 4.74 Å². The van der Waals surface area contributed by atoms with Gasteiger partial charge >= 0.3 is 0 Å². The zero-order valence-corrected chi connectivity index (χ0v) is 17.6. The number of fused-ring (bicyclic) bond motifs is 1. The van der Waals surface area contributed by atoms with Crippen LogP contribution in [0.1, 0.15) is 34.3 Å². The van der Waals surface area contributed by atoms with Crippen LogP contribution in [-0.2, 0) is 11.2 Å². The van der Waals surface area contributed by atoms with Gasteiger partial charge < -0.3 is 15.0 Å². The summed E-state index contributed by atoms with van der Waals surface area (Å²) >= 11 is 0. The number of rotatable bonds is 7. The Morgan fingerprint density at radius 2 is 1.81 bits per heavy atom. The molecule has 1 aliphatic rings. The maximum absolute atomic E-state index is 12.9. The van der Waals surface area contributed by atoms with Gasteiger partial charge in [0.2, 0.25) is 5.91 Å². The van der Waals surface area contributed by atoms with Gasteiger partial charge in [0, 0.05) is 29.9 Å². The van der Waals surface area contributed by atoms with Crippen LogP contribution in [0.15, 0.2) is 72.8 Å². The molecule has 0 saturated heterocycles. The van der Waals surface area contributed by atoms with Crippen molar-refractivity contribution < 1.29 is 14.3 Å². The van der Waals surface area contributed by atoms with E-state index >= 15 is 0 Å². The number of hydrogen-bond acceptors (Lipinski definition) is 3. The first kappa shape index (κ1) is 20.7. The molecular formula is C26H26N2O3. The normalized spacial score (nSPS) is 12.4. The standard InChI is InChI=1S/C26H26N2O3/c1-19-6-4-8-23(18-19)31-17-5-10-25(29)27-22-13-11-21(12-14-22)26(30)28-16-15-20-7-2-3-9-24(20)28/h2-4,6-9,11-14,18H,5,10,15-17H2,1H3,(H,27,29). The number of para-hydroxylation sites is 1. The monoisotopic (exact) mass is 414 g/mol. The van der Waals surface area contributed by atoms with E-state index in [1.54, 1.807) is 24.3 Å². The topological polar surface area (TPSA) is 58.6 Å². The van der Waals surface area contributed by atoms with Crippen molar-refractivity contribution in [2.24, 2.45) is 0 Å². The van der Waals surface area contributed by atoms with Crippen LogP contribution in [0.5, 0.6) is 5.75 Å². The number of carbonyl (C=O) groups is 2. The Morgan fingerprint density at radius 3 is 2.61 bits per heavy atom. The zero-order valence-electron chi connectivity index (χ0n) is 17.6. The summed E-state index contributed by atoms with van der Waals surface area (Å²) in [5.74, 6) is 0.734. The number of anilines is 2. The maximum atomic E-state index is 12.9. The van der Waals surface area contributed by atoms with Crippen molar-refractivity contribution in [2.75, 3.05) is 23.4 Å². The summed E-state index contributed by atoms with van der Waals surface area (Å²) < 4.78 is 5.68. The fourth-order valence-corrected chi connectivity index (χ4v) is 3.75. The molecule has 0 fully saturated rings. The van der Waals surface area contributed by atoms with Crippen LogP contribution >= 0.6 is 0 Å². The fraction of sp³-hybridized carbons (Fsp3) is 0.231. The molecule has 5 nitrogen and oxygen atoms in total. The number of carbonyl (C=O) groups excluding carboxylic acids is 2. The quantitative estimate of drug-likeness (QED) is 0.554. The van der Waals surface area contributed by atoms with Crippen molar-refractivity contribution in [3.8, 4) is 5.75 Å². The smallest absolute Gasteiger partial charge is 0.258 e. The Kier molecular flexibility index (Phi) is 6.32. The van der Waals surface area contributed by atoms with Gasteiger partial charge in [0.05, 0.1) is 6.61 Å². The molecule has 0 atom stereocenters. The molecule has 1 N–H and O–H groups in total. The van der Waals surface area contributed by atoms with Crippen molar-refractivity contribution in [3.63, 3.8) is 0 Å². The maximum Gasteiger partial charge on any atom is 0.258 e. The van der Waals surface area contributed by atoms with Gasteiger partial charge in [-0.2, -0.15) is 0 Å². The molecular weight excluding hydrogens is 388 g/mol. The molecule has 2 amide bonds. The predicted octanol–water partition coefficient (Wildman–Crippen LogP) is 5.00. The number of hydrogen-bond donors (Lipinski definition) is 1. The summed E-state index contributed by atoms with van der Waals surface area (Å²) in [6, 6.07) is 22.9. The van der Waals surface area contributed by atoms with Gasteiger partial charge in [-0.25, -0.2) is 0 Å². The highest BCUT2D eigenvalue weighted by molar-refractivity contribution is 6.07. The Morgan fingerprint density at radius 1 is 1.00 bits per heavy atom. The molecule has 1 heterocycles. The first-order valence-corrected chi connectivity index (χ1v) is 10.6. The minimum atomic E-state index is -0.0691. The van der Waals surface area contributed by atoms with Crippen molar-refractivity contribution in [1.82, 2.24) is 0 Å². The highest BCUT2D eigenvalue weighted by Gasteiger charge is 2.24. The number of amides is 2. The summed E-state index contributed by atoms with van der Waals surface area (Å²) in [6.07, 6.45) is 1.88. The van der Waals surface area contributed by atoms with E-state index in [0.29, 0.717) is 37.2 Å². The molecule has 3 aromatic carbocycles. The molecule has 0 radical (unpaired) electrons. The van der Waals surface area contributed by atoms with E-state index in [0.717, 1.165) is 23.4 Å². The average molecular weight is 415 g/mol. The highest BCUT2D eigenvalue weighted by Crippen LogP contribution is 2.29. The highest BCUT2D eigenvalue weighted by atomic mass is 16.5. The van der Waals surface area contributed by atoms with Gasteiger partial charge in [-0.3, -0.25) is 9.59 Å². The van der Waals surface area contributed by atoms with Gasteiger partial charge in [0.15, 0.2) is 0 Å². The molecule has 158 valence electrons. The lowest BCUT2D eigenvalue weighted by molar-refractivity contribution is -0.116. The SMILES string of the molecule is Cc1cccc(OCCCC(=O)Nc2ccc(C(=O)N3CCc4ccccc43)cc2)c1. The molecule has 0 aromatic heterocycles. The summed E-state index contributed by atoms with van der Waals surface area (Å²) in [5.41, 5.74) is 4.62. The third-order valence-corrected chi connectivity index (χ3v) is 5.35. The van der Waals surface area contributed by atoms with Gasteiger partial charge in [-0.1, -0.05) is 30.3 Å². The van der Waals surface area contributed by atoms with Crippen LogP contribution in [-0.4, -0.2) is 25.0 Å². The lowest BCUT2D eigenvalue weighted by Crippen LogP contribution is -2.28. The predicted molar refractivity (Wildman–Crippen MR) is 123 cm³/mol. The van der Waals surface area contributed by atoms with Gasteiger partial charge in [0.1, 0.15) is 5.75 Å². The first-order chi connectivity index (χ1) is 15.1. The van der Waals surface area contributed by atoms with Gasteiger partial charge in [-0.15, -0.1) is 0 Å². The van der Waals surface area contributed by atoms with E-state index in [2.05, 4.69) is 11.4 Å². The van der Waals surface area contributed by atoms with Crippen LogP contribution in [0.25, 0.3) is 0 Å². The zero-order chi connectivity index (χ0) is 21.6. The lowest BCUT2D eigenvalue weighted by Gasteiger charge is -2.17. The second-order valence-corrected chi connectivity index (χ2v) is 7.73. The molecule has 5 heteroatoms. The molecule has 4 rings (SSSR count).